The molecule has 4 nitrogen and oxygen atoms in total. The predicted molar refractivity (Wildman–Crippen MR) is 142 cm³/mol. The highest BCUT2D eigenvalue weighted by Gasteiger charge is 2.37. The number of nitrogens with zero attached hydrogens (tertiary/aromatic N) is 3. The van der Waals surface area contributed by atoms with Crippen LogP contribution < -0.4 is 0 Å². The van der Waals surface area contributed by atoms with Crippen LogP contribution in [0.3, 0.4) is 0 Å². The summed E-state index contributed by atoms with van der Waals surface area (Å²) in [5.41, 5.74) is 1.86. The summed E-state index contributed by atoms with van der Waals surface area (Å²) < 4.78 is 14.0. The first-order valence-electron chi connectivity index (χ1n) is 13.1. The van der Waals surface area contributed by atoms with Gasteiger partial charge in [-0.3, -0.25) is 4.79 Å². The van der Waals surface area contributed by atoms with E-state index in [0.29, 0.717) is 6.54 Å². The summed E-state index contributed by atoms with van der Waals surface area (Å²) >= 11 is 1.54. The van der Waals surface area contributed by atoms with Gasteiger partial charge in [0.15, 0.2) is 0 Å². The number of benzene rings is 2. The number of carbonyl (C=O) groups excluding carboxylic acids is 1. The topological polar surface area (TPSA) is 26.8 Å². The zero-order valence-electron chi connectivity index (χ0n) is 20.4. The van der Waals surface area contributed by atoms with Crippen LogP contribution in [0.15, 0.2) is 59.5 Å². The van der Waals surface area contributed by atoms with Crippen molar-refractivity contribution >= 4 is 23.7 Å². The van der Waals surface area contributed by atoms with Crippen molar-refractivity contribution in [1.29, 1.82) is 0 Å². The van der Waals surface area contributed by atoms with Gasteiger partial charge >= 0.3 is 0 Å². The van der Waals surface area contributed by atoms with Crippen LogP contribution in [0.5, 0.6) is 0 Å². The van der Waals surface area contributed by atoms with Crippen molar-refractivity contribution in [2.75, 3.05) is 39.3 Å². The van der Waals surface area contributed by atoms with Crippen LogP contribution in [0.4, 0.5) is 4.39 Å². The van der Waals surface area contributed by atoms with Crippen molar-refractivity contribution in [1.82, 2.24) is 14.7 Å². The van der Waals surface area contributed by atoms with Crippen LogP contribution in [0.25, 0.3) is 6.08 Å². The molecule has 186 valence electrons. The van der Waals surface area contributed by atoms with Crippen LogP contribution in [0, 0.1) is 5.82 Å². The Morgan fingerprint density at radius 1 is 0.914 bits per heavy atom. The summed E-state index contributed by atoms with van der Waals surface area (Å²) in [6, 6.07) is 17.4. The normalized spacial score (nSPS) is 23.9. The molecule has 3 heterocycles. The van der Waals surface area contributed by atoms with Gasteiger partial charge in [-0.1, -0.05) is 60.6 Å². The second-order valence-electron chi connectivity index (χ2n) is 9.97. The number of likely N-dealkylation sites (tertiary alicyclic amines) is 2. The first-order chi connectivity index (χ1) is 17.2. The summed E-state index contributed by atoms with van der Waals surface area (Å²) in [6.45, 7) is 6.55. The van der Waals surface area contributed by atoms with Crippen LogP contribution in [-0.4, -0.2) is 65.9 Å². The lowest BCUT2D eigenvalue weighted by Gasteiger charge is -2.40. The third-order valence-corrected chi connectivity index (χ3v) is 8.86. The molecule has 0 saturated carbocycles. The van der Waals surface area contributed by atoms with Crippen LogP contribution in [-0.2, 0) is 4.79 Å². The lowest BCUT2D eigenvalue weighted by atomic mass is 10.00. The van der Waals surface area contributed by atoms with E-state index in [2.05, 4.69) is 9.80 Å². The number of piperidine rings is 2. The summed E-state index contributed by atoms with van der Waals surface area (Å²) in [5.74, 6) is -0.204. The molecule has 3 saturated heterocycles. The number of amides is 1. The maximum atomic E-state index is 14.0. The number of hydrogen-bond donors (Lipinski definition) is 0. The van der Waals surface area contributed by atoms with Gasteiger partial charge in [-0.25, -0.2) is 4.39 Å². The zero-order valence-corrected chi connectivity index (χ0v) is 21.3. The highest BCUT2D eigenvalue weighted by Crippen LogP contribution is 2.46. The first kappa shape index (κ1) is 24.5. The molecular weight excluding hydrogens is 457 g/mol. The van der Waals surface area contributed by atoms with Gasteiger partial charge in [0.1, 0.15) is 11.2 Å². The van der Waals surface area contributed by atoms with Gasteiger partial charge in [0.2, 0.25) is 0 Å². The second kappa shape index (κ2) is 11.7. The fraction of sp³-hybridized carbons (Fsp3) is 0.483. The minimum atomic E-state index is -0.257. The van der Waals surface area contributed by atoms with Crippen molar-refractivity contribution in [3.8, 4) is 0 Å². The quantitative estimate of drug-likeness (QED) is 0.457. The largest absolute Gasteiger partial charge is 0.322 e. The molecule has 35 heavy (non-hydrogen) atoms. The molecule has 6 heteroatoms. The van der Waals surface area contributed by atoms with E-state index in [1.54, 1.807) is 12.1 Å². The molecule has 0 radical (unpaired) electrons. The summed E-state index contributed by atoms with van der Waals surface area (Å²) in [4.78, 5) is 21.3. The van der Waals surface area contributed by atoms with E-state index in [9.17, 15) is 9.18 Å². The molecule has 0 N–H and O–H groups in total. The van der Waals surface area contributed by atoms with Crippen LogP contribution in [0.1, 0.15) is 55.0 Å². The van der Waals surface area contributed by atoms with Gasteiger partial charge < -0.3 is 14.7 Å². The zero-order chi connectivity index (χ0) is 24.0. The Bertz CT molecular complexity index is 1020. The van der Waals surface area contributed by atoms with Gasteiger partial charge in [-0.2, -0.15) is 0 Å². The molecule has 0 bridgehead atoms. The third kappa shape index (κ3) is 6.16. The molecule has 1 amide bonds. The molecule has 3 aliphatic heterocycles. The van der Waals surface area contributed by atoms with Gasteiger partial charge in [0.25, 0.3) is 5.91 Å². The Morgan fingerprint density at radius 2 is 1.69 bits per heavy atom. The van der Waals surface area contributed by atoms with Crippen LogP contribution >= 0.6 is 11.8 Å². The molecule has 5 rings (SSSR count). The lowest BCUT2D eigenvalue weighted by molar-refractivity contribution is -0.126. The van der Waals surface area contributed by atoms with Gasteiger partial charge in [-0.15, -0.1) is 0 Å². The summed E-state index contributed by atoms with van der Waals surface area (Å²) in [6.07, 6.45) is 9.52. The number of hydrogen-bond acceptors (Lipinski definition) is 4. The van der Waals surface area contributed by atoms with Crippen LogP contribution in [0.2, 0.25) is 0 Å². The van der Waals surface area contributed by atoms with Gasteiger partial charge in [0.05, 0.1) is 4.91 Å². The van der Waals surface area contributed by atoms with Gasteiger partial charge in [0, 0.05) is 12.6 Å². The minimum absolute atomic E-state index is 0.0527. The van der Waals surface area contributed by atoms with E-state index in [1.807, 2.05) is 47.4 Å². The van der Waals surface area contributed by atoms with E-state index in [-0.39, 0.29) is 17.1 Å². The minimum Gasteiger partial charge on any atom is -0.322 e. The SMILES string of the molecule is O=C1/C(=C\c2ccccc2)SC(c2cccc(F)c2)N1CCCN1CCC(N2CCCCC2)CC1. The molecule has 3 aliphatic rings. The number of thioether (sulfide) groups is 1. The molecule has 2 aromatic carbocycles. The Morgan fingerprint density at radius 3 is 2.43 bits per heavy atom. The molecule has 2 aromatic rings. The number of carbonyl (C=O) groups is 1. The van der Waals surface area contributed by atoms with E-state index < -0.39 is 0 Å². The molecule has 1 unspecified atom stereocenters. The average molecular weight is 494 g/mol. The summed E-state index contributed by atoms with van der Waals surface area (Å²) in [7, 11) is 0. The second-order valence-corrected chi connectivity index (χ2v) is 11.1. The average Bonchev–Trinajstić information content (AvgIpc) is 3.20. The van der Waals surface area contributed by atoms with Crippen molar-refractivity contribution in [3.05, 3.63) is 76.4 Å². The highest BCUT2D eigenvalue weighted by molar-refractivity contribution is 8.04. The molecule has 3 fully saturated rings. The monoisotopic (exact) mass is 493 g/mol. The number of halogens is 1. The number of rotatable bonds is 7. The third-order valence-electron chi connectivity index (χ3n) is 7.56. The van der Waals surface area contributed by atoms with Crippen molar-refractivity contribution in [2.45, 2.75) is 49.9 Å². The fourth-order valence-electron chi connectivity index (χ4n) is 5.66. The van der Waals surface area contributed by atoms with Crippen molar-refractivity contribution in [3.63, 3.8) is 0 Å². The molecule has 0 spiro atoms. The Hall–Kier alpha value is -2.15. The molecular formula is C29H36FN3OS. The van der Waals surface area contributed by atoms with E-state index in [0.717, 1.165) is 48.1 Å². The fourth-order valence-corrected chi connectivity index (χ4v) is 6.94. The van der Waals surface area contributed by atoms with E-state index >= 15 is 0 Å². The van der Waals surface area contributed by atoms with E-state index in [1.165, 1.54) is 63.0 Å². The molecule has 1 atom stereocenters. The Kier molecular flexibility index (Phi) is 8.22. The maximum Gasteiger partial charge on any atom is 0.261 e. The Labute approximate surface area is 213 Å². The summed E-state index contributed by atoms with van der Waals surface area (Å²) in [5, 5.41) is -0.182. The molecule has 0 aromatic heterocycles. The Balaban J connectivity index is 1.20. The first-order valence-corrected chi connectivity index (χ1v) is 14.0. The molecule has 0 aliphatic carbocycles. The lowest BCUT2D eigenvalue weighted by Crippen LogP contribution is -2.47. The van der Waals surface area contributed by atoms with Crippen molar-refractivity contribution < 1.29 is 9.18 Å². The standard InChI is InChI=1S/C29H36FN3OS/c30-25-12-7-11-24(22-25)29-33(28(34)27(35-29)21-23-9-3-1-4-10-23)18-8-15-31-19-13-26(14-20-31)32-16-5-2-6-17-32/h1,3-4,7,9-12,21-22,26,29H,2,5-6,8,13-20H2/b27-21+. The van der Waals surface area contributed by atoms with Gasteiger partial charge in [-0.05, 0) is 94.2 Å². The van der Waals surface area contributed by atoms with Crippen molar-refractivity contribution in [2.24, 2.45) is 0 Å². The van der Waals surface area contributed by atoms with E-state index in [4.69, 9.17) is 0 Å². The maximum absolute atomic E-state index is 14.0. The highest BCUT2D eigenvalue weighted by atomic mass is 32.2. The predicted octanol–water partition coefficient (Wildman–Crippen LogP) is 5.78. The smallest absolute Gasteiger partial charge is 0.261 e.